The van der Waals surface area contributed by atoms with Crippen LogP contribution in [0.25, 0.3) is 0 Å². The molecule has 0 aromatic rings. The van der Waals surface area contributed by atoms with E-state index >= 15 is 0 Å². The zero-order valence-electron chi connectivity index (χ0n) is 4.12. The summed E-state index contributed by atoms with van der Waals surface area (Å²) in [7, 11) is 0. The van der Waals surface area contributed by atoms with Gasteiger partial charge in [-0.05, 0) is 0 Å². The van der Waals surface area contributed by atoms with Gasteiger partial charge in [-0.3, -0.25) is 0 Å². The third kappa shape index (κ3) is 177. The molecule has 0 aromatic heterocycles. The van der Waals surface area contributed by atoms with Gasteiger partial charge in [0.15, 0.2) is 0 Å². The first-order valence-corrected chi connectivity index (χ1v) is 1.10. The average molecular weight is 330 g/mol. The summed E-state index contributed by atoms with van der Waals surface area (Å²) >= 11 is 0. The Morgan fingerprint density at radius 2 is 0.700 bits per heavy atom. The van der Waals surface area contributed by atoms with E-state index in [0.29, 0.717) is 0 Å². The van der Waals surface area contributed by atoms with Crippen LogP contribution in [0.1, 0.15) is 0 Å². The zero-order chi connectivity index (χ0) is 8.12. The van der Waals surface area contributed by atoms with Crippen molar-refractivity contribution in [2.45, 2.75) is 0 Å². The SMILES string of the molecule is O=N[O-].O=N[O-].O=N[O-].[Ir+3]. The molecule has 0 fully saturated rings. The van der Waals surface area contributed by atoms with Gasteiger partial charge in [-0.2, -0.15) is 0 Å². The van der Waals surface area contributed by atoms with Crippen molar-refractivity contribution in [2.24, 2.45) is 16.0 Å². The predicted octanol–water partition coefficient (Wildman–Crippen LogP) is 0.749. The van der Waals surface area contributed by atoms with Crippen LogP contribution in [0.15, 0.2) is 16.0 Å². The summed E-state index contributed by atoms with van der Waals surface area (Å²) in [5, 5.41) is 27.0. The molecule has 0 spiro atoms. The van der Waals surface area contributed by atoms with Crippen molar-refractivity contribution >= 4 is 0 Å². The molecule has 0 radical (unpaired) electrons. The Morgan fingerprint density at radius 3 is 0.700 bits per heavy atom. The van der Waals surface area contributed by atoms with E-state index in [0.717, 1.165) is 16.0 Å². The molecule has 0 saturated heterocycles. The molecule has 0 N–H and O–H groups in total. The summed E-state index contributed by atoms with van der Waals surface area (Å²) in [6.07, 6.45) is 0. The first-order chi connectivity index (χ1) is 4.24. The fourth-order valence-corrected chi connectivity index (χ4v) is 0. The van der Waals surface area contributed by atoms with Crippen LogP contribution in [0.2, 0.25) is 0 Å². The molecule has 60 valence electrons. The second-order valence-electron chi connectivity index (χ2n) is 0.224. The van der Waals surface area contributed by atoms with Crippen LogP contribution in [0.4, 0.5) is 0 Å². The van der Waals surface area contributed by atoms with Crippen molar-refractivity contribution < 1.29 is 20.1 Å². The average Bonchev–Trinajstić information content (AvgIpc) is 1.70. The van der Waals surface area contributed by atoms with Crippen LogP contribution in [0.5, 0.6) is 0 Å². The van der Waals surface area contributed by atoms with E-state index < -0.39 is 0 Å². The van der Waals surface area contributed by atoms with Crippen LogP contribution in [-0.4, -0.2) is 0 Å². The summed E-state index contributed by atoms with van der Waals surface area (Å²) < 4.78 is 0. The van der Waals surface area contributed by atoms with Crippen LogP contribution < -0.4 is 0 Å². The Bertz CT molecular complexity index is 49.7. The summed E-state index contributed by atoms with van der Waals surface area (Å²) in [6.45, 7) is 0. The quantitative estimate of drug-likeness (QED) is 0.471. The molecule has 0 unspecified atom stereocenters. The van der Waals surface area contributed by atoms with Crippen LogP contribution in [-0.2, 0) is 20.1 Å². The van der Waals surface area contributed by atoms with Crippen molar-refractivity contribution in [2.75, 3.05) is 0 Å². The van der Waals surface area contributed by atoms with E-state index in [9.17, 15) is 0 Å². The number of hydrogen-bond donors (Lipinski definition) is 0. The Labute approximate surface area is 67.2 Å². The van der Waals surface area contributed by atoms with Crippen molar-refractivity contribution in [3.8, 4) is 0 Å². The first-order valence-electron chi connectivity index (χ1n) is 1.10. The Hall–Kier alpha value is -1.15. The second kappa shape index (κ2) is 108. The molecule has 0 amide bonds. The molecule has 0 heterocycles. The molecule has 0 rings (SSSR count). The summed E-state index contributed by atoms with van der Waals surface area (Å²) in [5.74, 6) is 0. The van der Waals surface area contributed by atoms with Gasteiger partial charge in [0.25, 0.3) is 0 Å². The van der Waals surface area contributed by atoms with Gasteiger partial charge >= 0.3 is 20.1 Å². The molecular weight excluding hydrogens is 330 g/mol. The largest absolute Gasteiger partial charge is 3.00 e. The molecule has 0 saturated carbocycles. The topological polar surface area (TPSA) is 157 Å². The molecule has 10 heavy (non-hydrogen) atoms. The van der Waals surface area contributed by atoms with Crippen LogP contribution in [0.3, 0.4) is 0 Å². The molecule has 9 nitrogen and oxygen atoms in total. The minimum Gasteiger partial charge on any atom is -0.444 e. The normalized spacial score (nSPS) is 3.60. The molecule has 0 aromatic carbocycles. The molecule has 0 atom stereocenters. The minimum atomic E-state index is 0. The Kier molecular flexibility index (Phi) is 250. The van der Waals surface area contributed by atoms with E-state index in [1.807, 2.05) is 0 Å². The van der Waals surface area contributed by atoms with E-state index in [1.165, 1.54) is 0 Å². The van der Waals surface area contributed by atoms with Crippen molar-refractivity contribution in [3.63, 3.8) is 0 Å². The fraction of sp³-hybridized carbons (Fsp3) is 0. The predicted molar refractivity (Wildman–Crippen MR) is 27.5 cm³/mol. The molecule has 10 heteroatoms. The van der Waals surface area contributed by atoms with Gasteiger partial charge < -0.3 is 30.3 Å². The van der Waals surface area contributed by atoms with Gasteiger partial charge in [0.05, 0.1) is 0 Å². The summed E-state index contributed by atoms with van der Waals surface area (Å²) in [6, 6.07) is 0. The molecule has 0 aliphatic heterocycles. The van der Waals surface area contributed by atoms with Crippen molar-refractivity contribution in [3.05, 3.63) is 30.3 Å². The van der Waals surface area contributed by atoms with E-state index in [2.05, 4.69) is 0 Å². The minimum absolute atomic E-state index is 0. The van der Waals surface area contributed by atoms with Crippen molar-refractivity contribution in [1.82, 2.24) is 0 Å². The molecule has 0 aliphatic rings. The van der Waals surface area contributed by atoms with Crippen LogP contribution in [0, 0.1) is 30.3 Å². The van der Waals surface area contributed by atoms with Crippen molar-refractivity contribution in [1.29, 1.82) is 0 Å². The van der Waals surface area contributed by atoms with Gasteiger partial charge in [-0.1, -0.05) is 0 Å². The maximum atomic E-state index is 8.00. The Balaban J connectivity index is -0.0000000257. The first kappa shape index (κ1) is 23.2. The maximum absolute atomic E-state index is 8.00. The summed E-state index contributed by atoms with van der Waals surface area (Å²) in [5.41, 5.74) is 0. The molecule has 0 bridgehead atoms. The monoisotopic (exact) mass is 331 g/mol. The zero-order valence-corrected chi connectivity index (χ0v) is 6.52. The standard InChI is InChI=1S/Ir.3HNO2/c;3*2-1-3/h;3*(H,2,3)/q+3;;;/p-3. The van der Waals surface area contributed by atoms with Gasteiger partial charge in [-0.15, -0.1) is 16.0 Å². The van der Waals surface area contributed by atoms with Gasteiger partial charge in [0, 0.05) is 0 Å². The smallest absolute Gasteiger partial charge is 0.444 e. The fourth-order valence-electron chi connectivity index (χ4n) is 0. The maximum Gasteiger partial charge on any atom is 3.00 e. The van der Waals surface area contributed by atoms with Gasteiger partial charge in [-0.25, -0.2) is 0 Å². The molecular formula is IrN3O6. The van der Waals surface area contributed by atoms with Gasteiger partial charge in [0.2, 0.25) is 0 Å². The van der Waals surface area contributed by atoms with E-state index in [4.69, 9.17) is 30.3 Å². The third-order valence-corrected chi connectivity index (χ3v) is 0. The molecule has 0 aliphatic carbocycles. The van der Waals surface area contributed by atoms with E-state index in [1.54, 1.807) is 0 Å². The number of rotatable bonds is 0. The number of nitrogens with zero attached hydrogens (tertiary/aromatic N) is 3. The van der Waals surface area contributed by atoms with Gasteiger partial charge in [0.1, 0.15) is 0 Å². The third-order valence-electron chi connectivity index (χ3n) is 0. The summed E-state index contributed by atoms with van der Waals surface area (Å²) in [4.78, 5) is 24.0. The number of hydrogen-bond acceptors (Lipinski definition) is 9. The second-order valence-corrected chi connectivity index (χ2v) is 0.224. The Morgan fingerprint density at radius 1 is 0.700 bits per heavy atom. The van der Waals surface area contributed by atoms with Crippen LogP contribution >= 0.6 is 0 Å². The van der Waals surface area contributed by atoms with E-state index in [-0.39, 0.29) is 20.1 Å².